The third-order valence-electron chi connectivity index (χ3n) is 11.7. The normalized spacial score (nSPS) is 11.3. The van der Waals surface area contributed by atoms with E-state index in [-0.39, 0.29) is 0 Å². The van der Waals surface area contributed by atoms with Gasteiger partial charge in [-0.25, -0.2) is 0 Å². The summed E-state index contributed by atoms with van der Waals surface area (Å²) >= 11 is 0.322. The van der Waals surface area contributed by atoms with Gasteiger partial charge >= 0.3 is 211 Å². The Morgan fingerprint density at radius 2 is 0.639 bits per heavy atom. The fourth-order valence-corrected chi connectivity index (χ4v) is 10.9. The Kier molecular flexibility index (Phi) is 9.60. The quantitative estimate of drug-likeness (QED) is 0.134. The molecule has 2 nitrogen and oxygen atoms in total. The minimum absolute atomic E-state index is 0.322. The molecule has 0 aliphatic rings. The van der Waals surface area contributed by atoms with Crippen LogP contribution in [-0.4, -0.2) is 14.5 Å². The molecule has 0 fully saturated rings. The van der Waals surface area contributed by atoms with Crippen molar-refractivity contribution in [2.75, 3.05) is 9.80 Å². The maximum absolute atomic E-state index is 2.42. The van der Waals surface area contributed by atoms with Gasteiger partial charge in [-0.05, 0) is 46.5 Å². The van der Waals surface area contributed by atoms with Crippen molar-refractivity contribution in [2.24, 2.45) is 0 Å². The molecule has 0 saturated heterocycles. The van der Waals surface area contributed by atoms with Crippen LogP contribution in [0.1, 0.15) is 0 Å². The molecule has 0 N–H and O–H groups in total. The van der Waals surface area contributed by atoms with E-state index in [2.05, 4.69) is 252 Å². The molecule has 0 atom stereocenters. The third-order valence-corrected chi connectivity index (χ3v) is 14.1. The number of rotatable bonds is 9. The van der Waals surface area contributed by atoms with Gasteiger partial charge in [0.1, 0.15) is 0 Å². The minimum Gasteiger partial charge on any atom is -0.0617 e. The summed E-state index contributed by atoms with van der Waals surface area (Å²) in [4.78, 5) is 4.77. The molecular formula is C58H40N2Se. The van der Waals surface area contributed by atoms with E-state index in [1.54, 1.807) is 0 Å². The van der Waals surface area contributed by atoms with Crippen molar-refractivity contribution >= 4 is 78.7 Å². The van der Waals surface area contributed by atoms with Crippen LogP contribution in [-0.2, 0) is 0 Å². The predicted molar refractivity (Wildman–Crippen MR) is 262 cm³/mol. The second-order valence-corrected chi connectivity index (χ2v) is 17.6. The average Bonchev–Trinajstić information content (AvgIpc) is 3.71. The molecule has 0 amide bonds. The van der Waals surface area contributed by atoms with Crippen LogP contribution in [0.15, 0.2) is 243 Å². The first kappa shape index (κ1) is 36.6. The zero-order valence-electron chi connectivity index (χ0n) is 33.4. The number of nitrogens with zero attached hydrogens (tertiary/aromatic N) is 2. The fraction of sp³-hybridized carbons (Fsp3) is 0. The van der Waals surface area contributed by atoms with Gasteiger partial charge in [0.15, 0.2) is 0 Å². The maximum atomic E-state index is 2.42. The van der Waals surface area contributed by atoms with Gasteiger partial charge in [-0.3, -0.25) is 0 Å². The number of hydrogen-bond acceptors (Lipinski definition) is 2. The van der Waals surface area contributed by atoms with Gasteiger partial charge in [-0.2, -0.15) is 0 Å². The van der Waals surface area contributed by atoms with Crippen molar-refractivity contribution in [3.8, 4) is 33.4 Å². The van der Waals surface area contributed by atoms with E-state index in [0.29, 0.717) is 14.5 Å². The number of fused-ring (bicyclic) bond motifs is 4. The Morgan fingerprint density at radius 1 is 0.246 bits per heavy atom. The molecule has 3 heteroatoms. The van der Waals surface area contributed by atoms with Crippen molar-refractivity contribution < 1.29 is 0 Å². The standard InChI is InChI=1S/C58H40N2Se/c1-3-12-41(13-4-1)43-22-30-48(31-23-43)59(49-32-24-44(25-33-49)42-14-5-2-6-15-42)50-34-26-45(27-35-50)46-28-36-51(37-29-46)60(56-20-11-17-47-16-7-8-18-53(47)56)52-38-39-58-55(40-52)54-19-9-10-21-57(54)61-58/h1-40H. The zero-order valence-corrected chi connectivity index (χ0v) is 35.1. The van der Waals surface area contributed by atoms with Gasteiger partial charge in [0.2, 0.25) is 0 Å². The number of benzene rings is 10. The van der Waals surface area contributed by atoms with Gasteiger partial charge in [0, 0.05) is 17.1 Å². The van der Waals surface area contributed by atoms with Crippen molar-refractivity contribution in [1.29, 1.82) is 0 Å². The number of hydrogen-bond donors (Lipinski definition) is 0. The molecule has 0 aliphatic carbocycles. The Morgan fingerprint density at radius 3 is 1.18 bits per heavy atom. The molecule has 1 heterocycles. The topological polar surface area (TPSA) is 6.48 Å². The molecular weight excluding hydrogens is 804 g/mol. The first-order valence-corrected chi connectivity index (χ1v) is 22.5. The summed E-state index contributed by atoms with van der Waals surface area (Å²) in [5.74, 6) is 0. The van der Waals surface area contributed by atoms with Gasteiger partial charge < -0.3 is 4.90 Å². The SMILES string of the molecule is c1ccc(-c2ccc(N(c3ccc(-c4ccccc4)cc3)c3ccc(-c4ccc(N(c5ccc6[se]c7ccccc7c6c5)c5cccc6ccccc56)cc4)cc3)cc2)cc1. The summed E-state index contributed by atoms with van der Waals surface area (Å²) in [6.07, 6.45) is 0. The summed E-state index contributed by atoms with van der Waals surface area (Å²) in [7, 11) is 0. The summed E-state index contributed by atoms with van der Waals surface area (Å²) in [5, 5.41) is 5.17. The molecule has 1 aromatic heterocycles. The van der Waals surface area contributed by atoms with Crippen LogP contribution in [0.4, 0.5) is 34.1 Å². The molecule has 11 rings (SSSR count). The van der Waals surface area contributed by atoms with E-state index in [1.165, 1.54) is 69.1 Å². The third kappa shape index (κ3) is 7.11. The molecule has 11 aromatic rings. The van der Waals surface area contributed by atoms with Crippen molar-refractivity contribution in [3.05, 3.63) is 243 Å². The minimum atomic E-state index is 0.322. The monoisotopic (exact) mass is 844 g/mol. The molecule has 61 heavy (non-hydrogen) atoms. The van der Waals surface area contributed by atoms with E-state index < -0.39 is 0 Å². The first-order valence-electron chi connectivity index (χ1n) is 20.7. The molecule has 0 aliphatic heterocycles. The number of anilines is 6. The Labute approximate surface area is 362 Å². The predicted octanol–water partition coefficient (Wildman–Crippen LogP) is 16.1. The van der Waals surface area contributed by atoms with E-state index in [9.17, 15) is 0 Å². The van der Waals surface area contributed by atoms with Crippen LogP contribution in [0.3, 0.4) is 0 Å². The molecule has 288 valence electrons. The van der Waals surface area contributed by atoms with Crippen LogP contribution in [0.2, 0.25) is 0 Å². The average molecular weight is 844 g/mol. The van der Waals surface area contributed by atoms with Gasteiger partial charge in [0.05, 0.1) is 0 Å². The summed E-state index contributed by atoms with van der Waals surface area (Å²) in [6, 6.07) is 88.2. The smallest absolute Gasteiger partial charge is 0.0617 e. The molecule has 0 radical (unpaired) electrons. The van der Waals surface area contributed by atoms with E-state index >= 15 is 0 Å². The van der Waals surface area contributed by atoms with Crippen LogP contribution in [0, 0.1) is 0 Å². The Balaban J connectivity index is 0.948. The van der Waals surface area contributed by atoms with Gasteiger partial charge in [0.25, 0.3) is 0 Å². The molecule has 0 spiro atoms. The van der Waals surface area contributed by atoms with Crippen molar-refractivity contribution in [2.45, 2.75) is 0 Å². The first-order chi connectivity index (χ1) is 30.2. The molecule has 0 saturated carbocycles. The van der Waals surface area contributed by atoms with Crippen molar-refractivity contribution in [1.82, 2.24) is 0 Å². The summed E-state index contributed by atoms with van der Waals surface area (Å²) in [5.41, 5.74) is 13.9. The second kappa shape index (κ2) is 16.0. The van der Waals surface area contributed by atoms with Gasteiger partial charge in [-0.15, -0.1) is 0 Å². The van der Waals surface area contributed by atoms with Crippen LogP contribution in [0.25, 0.3) is 63.4 Å². The Hall–Kier alpha value is -7.42. The van der Waals surface area contributed by atoms with E-state index in [1.807, 2.05) is 0 Å². The van der Waals surface area contributed by atoms with E-state index in [4.69, 9.17) is 0 Å². The van der Waals surface area contributed by atoms with Crippen LogP contribution >= 0.6 is 0 Å². The van der Waals surface area contributed by atoms with Gasteiger partial charge in [-0.1, -0.05) is 84.9 Å². The zero-order chi connectivity index (χ0) is 40.5. The van der Waals surface area contributed by atoms with E-state index in [0.717, 1.165) is 28.4 Å². The molecule has 0 bridgehead atoms. The summed E-state index contributed by atoms with van der Waals surface area (Å²) < 4.78 is 2.90. The Bertz CT molecular complexity index is 3180. The summed E-state index contributed by atoms with van der Waals surface area (Å²) in [6.45, 7) is 0. The molecule has 0 unspecified atom stereocenters. The molecule has 10 aromatic carbocycles. The van der Waals surface area contributed by atoms with Crippen LogP contribution < -0.4 is 9.80 Å². The fourth-order valence-electron chi connectivity index (χ4n) is 8.60. The van der Waals surface area contributed by atoms with Crippen molar-refractivity contribution in [3.63, 3.8) is 0 Å². The second-order valence-electron chi connectivity index (χ2n) is 15.4. The van der Waals surface area contributed by atoms with Crippen LogP contribution in [0.5, 0.6) is 0 Å².